The first-order valence-electron chi connectivity index (χ1n) is 9.00. The lowest BCUT2D eigenvalue weighted by Crippen LogP contribution is -2.31. The predicted molar refractivity (Wildman–Crippen MR) is 104 cm³/mol. The summed E-state index contributed by atoms with van der Waals surface area (Å²) in [5.41, 5.74) is 2.66. The number of fused-ring (bicyclic) bond motifs is 1. The van der Waals surface area contributed by atoms with Crippen molar-refractivity contribution in [2.45, 2.75) is 37.4 Å². The van der Waals surface area contributed by atoms with E-state index in [1.807, 2.05) is 22.9 Å². The number of nitrogens with zero attached hydrogens (tertiary/aromatic N) is 3. The molecule has 1 aliphatic carbocycles. The molecule has 0 saturated heterocycles. The summed E-state index contributed by atoms with van der Waals surface area (Å²) in [5, 5.41) is 8.71. The predicted octanol–water partition coefficient (Wildman–Crippen LogP) is 3.43. The van der Waals surface area contributed by atoms with Gasteiger partial charge in [0.2, 0.25) is 11.1 Å². The number of aromatic nitrogens is 3. The van der Waals surface area contributed by atoms with Crippen LogP contribution < -0.4 is 14.8 Å². The van der Waals surface area contributed by atoms with Gasteiger partial charge in [-0.05, 0) is 36.3 Å². The fourth-order valence-electron chi connectivity index (χ4n) is 3.66. The summed E-state index contributed by atoms with van der Waals surface area (Å²) in [7, 11) is 3.22. The van der Waals surface area contributed by atoms with Gasteiger partial charge in [0.15, 0.2) is 17.3 Å². The zero-order chi connectivity index (χ0) is 19.0. The van der Waals surface area contributed by atoms with Crippen LogP contribution in [0.1, 0.15) is 37.8 Å². The number of hydrogen-bond donors (Lipinski definition) is 1. The van der Waals surface area contributed by atoms with Gasteiger partial charge in [-0.25, -0.2) is 4.68 Å². The molecule has 0 fully saturated rings. The van der Waals surface area contributed by atoms with Crippen LogP contribution in [0.15, 0.2) is 34.6 Å². The average molecular weight is 386 g/mol. The molecular formula is C19H22N4O3S. The van der Waals surface area contributed by atoms with Gasteiger partial charge in [0.1, 0.15) is 6.04 Å². The van der Waals surface area contributed by atoms with Gasteiger partial charge in [-0.15, -0.1) is 5.10 Å². The second-order valence-corrected chi connectivity index (χ2v) is 7.64. The molecule has 8 heteroatoms. The number of ketones is 1. The first-order valence-corrected chi connectivity index (χ1v) is 9.99. The summed E-state index contributed by atoms with van der Waals surface area (Å²) < 4.78 is 12.6. The minimum absolute atomic E-state index is 0.161. The lowest BCUT2D eigenvalue weighted by molar-refractivity contribution is -0.116. The molecule has 0 unspecified atom stereocenters. The van der Waals surface area contributed by atoms with E-state index in [-0.39, 0.29) is 11.8 Å². The van der Waals surface area contributed by atoms with Crippen LogP contribution in [-0.4, -0.2) is 40.5 Å². The summed E-state index contributed by atoms with van der Waals surface area (Å²) in [6.45, 7) is 2.07. The highest BCUT2D eigenvalue weighted by Gasteiger charge is 2.37. The lowest BCUT2D eigenvalue weighted by Gasteiger charge is -2.32. The van der Waals surface area contributed by atoms with Gasteiger partial charge in [-0.2, -0.15) is 4.98 Å². The van der Waals surface area contributed by atoms with Gasteiger partial charge in [0.25, 0.3) is 0 Å². The summed E-state index contributed by atoms with van der Waals surface area (Å²) >= 11 is 1.58. The van der Waals surface area contributed by atoms with Crippen LogP contribution in [-0.2, 0) is 4.79 Å². The normalized spacial score (nSPS) is 18.6. The van der Waals surface area contributed by atoms with E-state index in [1.165, 1.54) is 0 Å². The van der Waals surface area contributed by atoms with E-state index in [1.54, 1.807) is 26.0 Å². The summed E-state index contributed by atoms with van der Waals surface area (Å²) in [6.07, 6.45) is 2.26. The third kappa shape index (κ3) is 3.07. The van der Waals surface area contributed by atoms with E-state index in [9.17, 15) is 4.79 Å². The number of benzene rings is 1. The fraction of sp³-hybridized carbons (Fsp3) is 0.421. The number of Topliss-reactive ketones (excluding diaryl/α,β-unsaturated/α-hetero) is 1. The molecule has 2 aliphatic rings. The first-order chi connectivity index (χ1) is 13.2. The topological polar surface area (TPSA) is 78.3 Å². The molecule has 1 N–H and O–H groups in total. The average Bonchev–Trinajstić information content (AvgIpc) is 3.08. The van der Waals surface area contributed by atoms with Crippen molar-refractivity contribution in [3.8, 4) is 11.5 Å². The van der Waals surface area contributed by atoms with Crippen molar-refractivity contribution < 1.29 is 14.3 Å². The number of nitrogens with one attached hydrogen (secondary N) is 1. The molecule has 1 aliphatic heterocycles. The van der Waals surface area contributed by atoms with Crippen LogP contribution in [0.2, 0.25) is 0 Å². The van der Waals surface area contributed by atoms with Crippen LogP contribution in [0, 0.1) is 0 Å². The van der Waals surface area contributed by atoms with Gasteiger partial charge < -0.3 is 14.8 Å². The van der Waals surface area contributed by atoms with Crippen LogP contribution in [0.5, 0.6) is 11.5 Å². The molecule has 27 heavy (non-hydrogen) atoms. The minimum atomic E-state index is -0.317. The lowest BCUT2D eigenvalue weighted by atomic mass is 9.85. The molecule has 2 heterocycles. The van der Waals surface area contributed by atoms with Crippen LogP contribution in [0.25, 0.3) is 0 Å². The Labute approximate surface area is 162 Å². The Morgan fingerprint density at radius 3 is 2.81 bits per heavy atom. The molecule has 142 valence electrons. The summed E-state index contributed by atoms with van der Waals surface area (Å²) in [5.74, 6) is 3.01. The maximum absolute atomic E-state index is 12.8. The van der Waals surface area contributed by atoms with Crippen molar-refractivity contribution in [3.63, 3.8) is 0 Å². The zero-order valence-electron chi connectivity index (χ0n) is 15.6. The number of anilines is 1. The Kier molecular flexibility index (Phi) is 4.82. The van der Waals surface area contributed by atoms with Crippen LogP contribution in [0.4, 0.5) is 5.95 Å². The van der Waals surface area contributed by atoms with Gasteiger partial charge in [-0.1, -0.05) is 24.8 Å². The Bertz CT molecular complexity index is 922. The zero-order valence-corrected chi connectivity index (χ0v) is 16.4. The molecule has 1 aromatic heterocycles. The number of rotatable bonds is 5. The number of carbonyl (C=O) groups is 1. The van der Waals surface area contributed by atoms with E-state index in [4.69, 9.17) is 9.47 Å². The van der Waals surface area contributed by atoms with Gasteiger partial charge in [0.05, 0.1) is 14.2 Å². The molecule has 1 aromatic carbocycles. The molecule has 0 bridgehead atoms. The quantitative estimate of drug-likeness (QED) is 0.789. The van der Waals surface area contributed by atoms with Crippen molar-refractivity contribution in [2.24, 2.45) is 0 Å². The Balaban J connectivity index is 1.87. The van der Waals surface area contributed by atoms with Crippen LogP contribution in [0.3, 0.4) is 0 Å². The SMILES string of the molecule is CCSc1nc2n(n1)[C@@H](c1ccc(OC)c(OC)c1)C1=C(CCCC1=O)N2. The van der Waals surface area contributed by atoms with Gasteiger partial charge in [0, 0.05) is 17.7 Å². The van der Waals surface area contributed by atoms with Crippen molar-refractivity contribution in [1.29, 1.82) is 0 Å². The number of thioether (sulfide) groups is 1. The smallest absolute Gasteiger partial charge is 0.227 e. The number of allylic oxidation sites excluding steroid dienone is 2. The Morgan fingerprint density at radius 2 is 2.07 bits per heavy atom. The molecule has 7 nitrogen and oxygen atoms in total. The minimum Gasteiger partial charge on any atom is -0.493 e. The molecule has 2 aromatic rings. The maximum Gasteiger partial charge on any atom is 0.227 e. The molecular weight excluding hydrogens is 364 g/mol. The summed E-state index contributed by atoms with van der Waals surface area (Å²) in [6, 6.07) is 5.42. The highest BCUT2D eigenvalue weighted by Crippen LogP contribution is 2.42. The fourth-order valence-corrected chi connectivity index (χ4v) is 4.21. The van der Waals surface area contributed by atoms with Gasteiger partial charge >= 0.3 is 0 Å². The number of hydrogen-bond acceptors (Lipinski definition) is 7. The van der Waals surface area contributed by atoms with Crippen LogP contribution >= 0.6 is 11.8 Å². The van der Waals surface area contributed by atoms with Gasteiger partial charge in [-0.3, -0.25) is 4.79 Å². The second-order valence-electron chi connectivity index (χ2n) is 6.41. The molecule has 1 atom stereocenters. The maximum atomic E-state index is 12.8. The largest absolute Gasteiger partial charge is 0.493 e. The molecule has 0 amide bonds. The number of ether oxygens (including phenoxy) is 2. The summed E-state index contributed by atoms with van der Waals surface area (Å²) in [4.78, 5) is 17.4. The van der Waals surface area contributed by atoms with Crippen molar-refractivity contribution in [2.75, 3.05) is 25.3 Å². The second kappa shape index (κ2) is 7.26. The van der Waals surface area contributed by atoms with Crippen molar-refractivity contribution in [3.05, 3.63) is 35.0 Å². The van der Waals surface area contributed by atoms with E-state index in [0.29, 0.717) is 29.0 Å². The molecule has 4 rings (SSSR count). The first kappa shape index (κ1) is 17.9. The van der Waals surface area contributed by atoms with E-state index in [2.05, 4.69) is 22.3 Å². The highest BCUT2D eigenvalue weighted by atomic mass is 32.2. The standard InChI is InChI=1S/C19H22N4O3S/c1-4-27-19-21-18-20-12-6-5-7-13(24)16(12)17(23(18)22-19)11-8-9-14(25-2)15(10-11)26-3/h8-10,17H,4-7H2,1-3H3,(H,20,21,22)/t17-/m0/s1. The third-order valence-electron chi connectivity index (χ3n) is 4.85. The Morgan fingerprint density at radius 1 is 1.26 bits per heavy atom. The molecule has 0 saturated carbocycles. The third-order valence-corrected chi connectivity index (χ3v) is 5.57. The van der Waals surface area contributed by atoms with E-state index < -0.39 is 0 Å². The number of methoxy groups -OCH3 is 2. The van der Waals surface area contributed by atoms with E-state index in [0.717, 1.165) is 35.4 Å². The monoisotopic (exact) mass is 386 g/mol. The van der Waals surface area contributed by atoms with Crippen molar-refractivity contribution >= 4 is 23.5 Å². The van der Waals surface area contributed by atoms with Crippen molar-refractivity contribution in [1.82, 2.24) is 14.8 Å². The highest BCUT2D eigenvalue weighted by molar-refractivity contribution is 7.99. The molecule has 0 spiro atoms. The van der Waals surface area contributed by atoms with E-state index >= 15 is 0 Å². The molecule has 0 radical (unpaired) electrons. The number of carbonyl (C=O) groups excluding carboxylic acids is 1. The Hall–Kier alpha value is -2.48.